The quantitative estimate of drug-likeness (QED) is 0.643. The molecule has 0 aliphatic rings. The Labute approximate surface area is 95.2 Å². The maximum absolute atomic E-state index is 11.5. The number of hydrogen-bond acceptors (Lipinski definition) is 5. The molecule has 0 saturated heterocycles. The van der Waals surface area contributed by atoms with E-state index in [1.165, 1.54) is 17.2 Å². The van der Waals surface area contributed by atoms with Crippen LogP contribution in [0.2, 0.25) is 0 Å². The van der Waals surface area contributed by atoms with Gasteiger partial charge in [0, 0.05) is 12.4 Å². The van der Waals surface area contributed by atoms with Crippen molar-refractivity contribution in [3.8, 4) is 5.82 Å². The van der Waals surface area contributed by atoms with Crippen LogP contribution in [0.5, 0.6) is 0 Å². The van der Waals surface area contributed by atoms with Crippen molar-refractivity contribution in [1.82, 2.24) is 29.7 Å². The summed E-state index contributed by atoms with van der Waals surface area (Å²) < 4.78 is 1.51. The standard InChI is InChI=1S/C10H8N6O/c1-6-8(12-3-2-11-6)16-9-7(4-15-16)10(17)14-5-13-9/h2-5H,1H3,(H,13,14,17). The second-order valence-corrected chi connectivity index (χ2v) is 3.49. The minimum Gasteiger partial charge on any atom is -0.312 e. The highest BCUT2D eigenvalue weighted by Crippen LogP contribution is 2.12. The second-order valence-electron chi connectivity index (χ2n) is 3.49. The van der Waals surface area contributed by atoms with E-state index in [0.717, 1.165) is 5.69 Å². The van der Waals surface area contributed by atoms with Crippen molar-refractivity contribution >= 4 is 11.0 Å². The number of aromatic amines is 1. The molecule has 84 valence electrons. The lowest BCUT2D eigenvalue weighted by Gasteiger charge is -2.03. The maximum atomic E-state index is 11.5. The van der Waals surface area contributed by atoms with Crippen molar-refractivity contribution in [1.29, 1.82) is 0 Å². The molecule has 0 fully saturated rings. The molecule has 3 aromatic heterocycles. The minimum atomic E-state index is -0.220. The molecule has 0 amide bonds. The molecule has 1 N–H and O–H groups in total. The van der Waals surface area contributed by atoms with E-state index in [4.69, 9.17) is 0 Å². The number of H-pyrrole nitrogens is 1. The van der Waals surface area contributed by atoms with Crippen LogP contribution in [0.15, 0.2) is 29.7 Å². The van der Waals surface area contributed by atoms with Crippen molar-refractivity contribution < 1.29 is 0 Å². The van der Waals surface area contributed by atoms with E-state index >= 15 is 0 Å². The van der Waals surface area contributed by atoms with Crippen LogP contribution in [-0.4, -0.2) is 29.7 Å². The van der Waals surface area contributed by atoms with Gasteiger partial charge in [-0.3, -0.25) is 9.78 Å². The Morgan fingerprint density at radius 3 is 2.88 bits per heavy atom. The lowest BCUT2D eigenvalue weighted by molar-refractivity contribution is 0.837. The zero-order valence-electron chi connectivity index (χ0n) is 8.95. The molecular weight excluding hydrogens is 220 g/mol. The van der Waals surface area contributed by atoms with E-state index in [9.17, 15) is 4.79 Å². The van der Waals surface area contributed by atoms with Gasteiger partial charge >= 0.3 is 0 Å². The average Bonchev–Trinajstić information content (AvgIpc) is 2.75. The molecule has 0 spiro atoms. The lowest BCUT2D eigenvalue weighted by atomic mass is 10.4. The first-order valence-electron chi connectivity index (χ1n) is 4.97. The summed E-state index contributed by atoms with van der Waals surface area (Å²) in [6.45, 7) is 1.82. The molecule has 0 unspecified atom stereocenters. The van der Waals surface area contributed by atoms with Gasteiger partial charge in [-0.15, -0.1) is 0 Å². The fourth-order valence-electron chi connectivity index (χ4n) is 1.62. The predicted molar refractivity (Wildman–Crippen MR) is 59.8 cm³/mol. The highest BCUT2D eigenvalue weighted by Gasteiger charge is 2.11. The molecule has 3 heterocycles. The number of nitrogens with one attached hydrogen (secondary N) is 1. The van der Waals surface area contributed by atoms with Gasteiger partial charge in [0.15, 0.2) is 11.5 Å². The largest absolute Gasteiger partial charge is 0.312 e. The zero-order valence-corrected chi connectivity index (χ0v) is 8.95. The van der Waals surface area contributed by atoms with Crippen molar-refractivity contribution in [2.75, 3.05) is 0 Å². The van der Waals surface area contributed by atoms with E-state index in [1.807, 2.05) is 6.92 Å². The number of nitrogens with zero attached hydrogens (tertiary/aromatic N) is 5. The molecule has 0 bridgehead atoms. The van der Waals surface area contributed by atoms with E-state index in [1.54, 1.807) is 12.4 Å². The van der Waals surface area contributed by atoms with Gasteiger partial charge in [0.25, 0.3) is 5.56 Å². The van der Waals surface area contributed by atoms with Crippen molar-refractivity contribution in [3.63, 3.8) is 0 Å². The van der Waals surface area contributed by atoms with Crippen LogP contribution in [-0.2, 0) is 0 Å². The maximum Gasteiger partial charge on any atom is 0.261 e. The predicted octanol–water partition coefficient (Wildman–Crippen LogP) is 0.207. The Morgan fingerprint density at radius 2 is 2.06 bits per heavy atom. The van der Waals surface area contributed by atoms with E-state index in [2.05, 4.69) is 25.0 Å². The second kappa shape index (κ2) is 3.48. The van der Waals surface area contributed by atoms with Gasteiger partial charge in [0.2, 0.25) is 0 Å². The van der Waals surface area contributed by atoms with E-state index in [-0.39, 0.29) is 5.56 Å². The minimum absolute atomic E-state index is 0.220. The SMILES string of the molecule is Cc1nccnc1-n1ncc2c(=O)[nH]cnc21. The summed E-state index contributed by atoms with van der Waals surface area (Å²) in [6.07, 6.45) is 5.98. The number of rotatable bonds is 1. The molecule has 0 aliphatic heterocycles. The summed E-state index contributed by atoms with van der Waals surface area (Å²) in [6, 6.07) is 0. The number of aromatic nitrogens is 6. The highest BCUT2D eigenvalue weighted by molar-refractivity contribution is 5.74. The van der Waals surface area contributed by atoms with Crippen molar-refractivity contribution in [2.24, 2.45) is 0 Å². The van der Waals surface area contributed by atoms with Crippen LogP contribution in [0.3, 0.4) is 0 Å². The molecule has 7 nitrogen and oxygen atoms in total. The third kappa shape index (κ3) is 1.40. The fraction of sp³-hybridized carbons (Fsp3) is 0.100. The Morgan fingerprint density at radius 1 is 1.24 bits per heavy atom. The van der Waals surface area contributed by atoms with Crippen LogP contribution < -0.4 is 5.56 Å². The molecule has 0 aromatic carbocycles. The van der Waals surface area contributed by atoms with Crippen LogP contribution in [0.4, 0.5) is 0 Å². The highest BCUT2D eigenvalue weighted by atomic mass is 16.1. The smallest absolute Gasteiger partial charge is 0.261 e. The zero-order chi connectivity index (χ0) is 11.8. The summed E-state index contributed by atoms with van der Waals surface area (Å²) in [5.74, 6) is 0.570. The third-order valence-electron chi connectivity index (χ3n) is 2.43. The summed E-state index contributed by atoms with van der Waals surface area (Å²) in [5, 5.41) is 4.55. The fourth-order valence-corrected chi connectivity index (χ4v) is 1.62. The van der Waals surface area contributed by atoms with Gasteiger partial charge in [-0.1, -0.05) is 0 Å². The van der Waals surface area contributed by atoms with Crippen LogP contribution in [0, 0.1) is 6.92 Å². The summed E-state index contributed by atoms with van der Waals surface area (Å²) >= 11 is 0. The summed E-state index contributed by atoms with van der Waals surface area (Å²) in [4.78, 5) is 26.4. The number of aryl methyl sites for hydroxylation is 1. The van der Waals surface area contributed by atoms with Gasteiger partial charge in [0.05, 0.1) is 18.2 Å². The molecule has 3 rings (SSSR count). The molecule has 0 saturated carbocycles. The molecule has 0 radical (unpaired) electrons. The van der Waals surface area contributed by atoms with Crippen LogP contribution in [0.1, 0.15) is 5.69 Å². The first kappa shape index (κ1) is 9.64. The lowest BCUT2D eigenvalue weighted by Crippen LogP contribution is -2.08. The van der Waals surface area contributed by atoms with Crippen molar-refractivity contribution in [2.45, 2.75) is 6.92 Å². The van der Waals surface area contributed by atoms with Gasteiger partial charge in [0.1, 0.15) is 5.39 Å². The van der Waals surface area contributed by atoms with Crippen LogP contribution >= 0.6 is 0 Å². The molecule has 0 atom stereocenters. The third-order valence-corrected chi connectivity index (χ3v) is 2.43. The topological polar surface area (TPSA) is 89.4 Å². The van der Waals surface area contributed by atoms with Gasteiger partial charge in [-0.05, 0) is 6.92 Å². The number of fused-ring (bicyclic) bond motifs is 1. The first-order valence-corrected chi connectivity index (χ1v) is 4.97. The molecule has 17 heavy (non-hydrogen) atoms. The monoisotopic (exact) mass is 228 g/mol. The van der Waals surface area contributed by atoms with E-state index < -0.39 is 0 Å². The Balaban J connectivity index is 2.36. The molecule has 0 aliphatic carbocycles. The Hall–Kier alpha value is -2.57. The number of hydrogen-bond donors (Lipinski definition) is 1. The Bertz CT molecular complexity index is 744. The Kier molecular flexibility index (Phi) is 1.97. The first-order chi connectivity index (χ1) is 8.27. The van der Waals surface area contributed by atoms with Gasteiger partial charge in [-0.2, -0.15) is 9.78 Å². The normalized spacial score (nSPS) is 10.9. The van der Waals surface area contributed by atoms with Crippen molar-refractivity contribution in [3.05, 3.63) is 41.0 Å². The summed E-state index contributed by atoms with van der Waals surface area (Å²) in [5.41, 5.74) is 0.972. The summed E-state index contributed by atoms with van der Waals surface area (Å²) in [7, 11) is 0. The molecular formula is C10H8N6O. The van der Waals surface area contributed by atoms with Gasteiger partial charge < -0.3 is 4.98 Å². The van der Waals surface area contributed by atoms with Crippen LogP contribution in [0.25, 0.3) is 16.9 Å². The molecule has 3 aromatic rings. The molecule has 7 heteroatoms. The average molecular weight is 228 g/mol. The van der Waals surface area contributed by atoms with E-state index in [0.29, 0.717) is 16.9 Å². The van der Waals surface area contributed by atoms with Gasteiger partial charge in [-0.25, -0.2) is 9.97 Å².